The lowest BCUT2D eigenvalue weighted by Crippen LogP contribution is -2.39. The first-order valence-electron chi connectivity index (χ1n) is 5.70. The first kappa shape index (κ1) is 15.6. The number of hydrogen-bond acceptors (Lipinski definition) is 4. The number of hydrogen-bond donors (Lipinski definition) is 1. The molecule has 1 atom stereocenters. The summed E-state index contributed by atoms with van der Waals surface area (Å²) < 4.78 is 0.357. The molecule has 1 rings (SSSR count). The smallest absolute Gasteiger partial charge is 0.284 e. The first-order valence-corrected chi connectivity index (χ1v) is 6.50. The third-order valence-electron chi connectivity index (χ3n) is 2.42. The summed E-state index contributed by atoms with van der Waals surface area (Å²) in [6, 6.07) is 4.28. The molecule has 0 heterocycles. The van der Waals surface area contributed by atoms with Gasteiger partial charge in [-0.1, -0.05) is 0 Å². The largest absolute Gasteiger partial charge is 0.348 e. The van der Waals surface area contributed by atoms with E-state index in [-0.39, 0.29) is 23.2 Å². The molecular formula is C12H16BrN3O3. The van der Waals surface area contributed by atoms with Crippen molar-refractivity contribution in [2.24, 2.45) is 0 Å². The van der Waals surface area contributed by atoms with Crippen LogP contribution in [0.4, 0.5) is 5.69 Å². The van der Waals surface area contributed by atoms with Gasteiger partial charge in [-0.2, -0.15) is 0 Å². The molecular weight excluding hydrogens is 314 g/mol. The molecule has 7 heteroatoms. The molecule has 6 nitrogen and oxygen atoms in total. The quantitative estimate of drug-likeness (QED) is 0.662. The lowest BCUT2D eigenvalue weighted by molar-refractivity contribution is -0.385. The monoisotopic (exact) mass is 329 g/mol. The molecule has 0 radical (unpaired) electrons. The Balaban J connectivity index is 2.83. The summed E-state index contributed by atoms with van der Waals surface area (Å²) in [5.74, 6) is -0.315. The predicted molar refractivity (Wildman–Crippen MR) is 76.3 cm³/mol. The van der Waals surface area contributed by atoms with Crippen LogP contribution in [0.15, 0.2) is 22.7 Å². The topological polar surface area (TPSA) is 75.5 Å². The Bertz CT molecular complexity index is 491. The maximum Gasteiger partial charge on any atom is 0.284 e. The Morgan fingerprint density at radius 1 is 1.53 bits per heavy atom. The molecule has 1 aromatic carbocycles. The van der Waals surface area contributed by atoms with E-state index in [0.29, 0.717) is 11.0 Å². The number of nitrogens with one attached hydrogen (secondary N) is 1. The van der Waals surface area contributed by atoms with Crippen LogP contribution in [-0.2, 0) is 0 Å². The van der Waals surface area contributed by atoms with E-state index in [2.05, 4.69) is 21.2 Å². The van der Waals surface area contributed by atoms with Crippen molar-refractivity contribution in [1.29, 1.82) is 0 Å². The Kier molecular flexibility index (Phi) is 5.44. The number of nitro benzene ring substituents is 1. The van der Waals surface area contributed by atoms with Crippen LogP contribution >= 0.6 is 15.9 Å². The maximum atomic E-state index is 12.0. The van der Waals surface area contributed by atoms with Crippen molar-refractivity contribution in [3.05, 3.63) is 38.3 Å². The summed E-state index contributed by atoms with van der Waals surface area (Å²) in [6.07, 6.45) is 0. The number of carbonyl (C=O) groups is 1. The average molecular weight is 330 g/mol. The Labute approximate surface area is 120 Å². The average Bonchev–Trinajstić information content (AvgIpc) is 2.27. The summed E-state index contributed by atoms with van der Waals surface area (Å²) in [4.78, 5) is 24.2. The molecule has 0 spiro atoms. The number of nitrogens with zero attached hydrogens (tertiary/aromatic N) is 2. The number of halogens is 1. The zero-order valence-electron chi connectivity index (χ0n) is 11.0. The van der Waals surface area contributed by atoms with Crippen LogP contribution in [0.25, 0.3) is 0 Å². The van der Waals surface area contributed by atoms with Gasteiger partial charge in [-0.15, -0.1) is 0 Å². The van der Waals surface area contributed by atoms with Crippen LogP contribution in [0.1, 0.15) is 17.3 Å². The zero-order chi connectivity index (χ0) is 14.6. The second-order valence-corrected chi connectivity index (χ2v) is 5.41. The molecule has 0 aliphatic heterocycles. The molecule has 0 saturated heterocycles. The highest BCUT2D eigenvalue weighted by atomic mass is 79.9. The molecule has 0 aromatic heterocycles. The highest BCUT2D eigenvalue weighted by Crippen LogP contribution is 2.25. The fourth-order valence-corrected chi connectivity index (χ4v) is 2.09. The van der Waals surface area contributed by atoms with Crippen molar-refractivity contribution in [2.75, 3.05) is 20.6 Å². The van der Waals surface area contributed by atoms with Gasteiger partial charge in [0, 0.05) is 24.2 Å². The number of rotatable bonds is 5. The molecule has 0 aliphatic rings. The first-order chi connectivity index (χ1) is 8.81. The van der Waals surface area contributed by atoms with E-state index in [0.717, 1.165) is 0 Å². The minimum atomic E-state index is -0.524. The van der Waals surface area contributed by atoms with E-state index in [1.165, 1.54) is 12.1 Å². The molecule has 19 heavy (non-hydrogen) atoms. The van der Waals surface area contributed by atoms with Gasteiger partial charge < -0.3 is 10.2 Å². The number of likely N-dealkylation sites (N-methyl/N-ethyl adjacent to an activating group) is 1. The molecule has 1 aromatic rings. The Morgan fingerprint density at radius 3 is 2.68 bits per heavy atom. The van der Waals surface area contributed by atoms with E-state index in [4.69, 9.17) is 0 Å². The summed E-state index contributed by atoms with van der Waals surface area (Å²) in [5, 5.41) is 13.6. The summed E-state index contributed by atoms with van der Waals surface area (Å²) in [7, 11) is 3.82. The standard InChI is InChI=1S/C12H16BrN3O3/c1-8(7-15(2)3)14-12(17)9-4-5-10(13)11(6-9)16(18)19/h4-6,8H,7H2,1-3H3,(H,14,17). The van der Waals surface area contributed by atoms with Gasteiger partial charge in [0.2, 0.25) is 0 Å². The zero-order valence-corrected chi connectivity index (χ0v) is 12.6. The van der Waals surface area contributed by atoms with Crippen LogP contribution in [-0.4, -0.2) is 42.4 Å². The van der Waals surface area contributed by atoms with Crippen molar-refractivity contribution in [1.82, 2.24) is 10.2 Å². The highest BCUT2D eigenvalue weighted by molar-refractivity contribution is 9.10. The summed E-state index contributed by atoms with van der Waals surface area (Å²) >= 11 is 3.08. The van der Waals surface area contributed by atoms with Gasteiger partial charge in [0.1, 0.15) is 0 Å². The SMILES string of the molecule is CC(CN(C)C)NC(=O)c1ccc(Br)c([N+](=O)[O-])c1. The Morgan fingerprint density at radius 2 is 2.16 bits per heavy atom. The normalized spacial score (nSPS) is 12.3. The maximum absolute atomic E-state index is 12.0. The number of nitro groups is 1. The van der Waals surface area contributed by atoms with Crippen LogP contribution in [0.5, 0.6) is 0 Å². The molecule has 1 unspecified atom stereocenters. The fraction of sp³-hybridized carbons (Fsp3) is 0.417. The van der Waals surface area contributed by atoms with Gasteiger partial charge in [-0.25, -0.2) is 0 Å². The van der Waals surface area contributed by atoms with Gasteiger partial charge in [0.25, 0.3) is 11.6 Å². The lowest BCUT2D eigenvalue weighted by atomic mass is 10.1. The van der Waals surface area contributed by atoms with Crippen LogP contribution in [0, 0.1) is 10.1 Å². The van der Waals surface area contributed by atoms with Crippen molar-refractivity contribution >= 4 is 27.5 Å². The van der Waals surface area contributed by atoms with E-state index >= 15 is 0 Å². The third-order valence-corrected chi connectivity index (χ3v) is 3.09. The molecule has 104 valence electrons. The summed E-state index contributed by atoms with van der Waals surface area (Å²) in [6.45, 7) is 2.58. The number of benzene rings is 1. The molecule has 0 saturated carbocycles. The summed E-state index contributed by atoms with van der Waals surface area (Å²) in [5.41, 5.74) is 0.161. The van der Waals surface area contributed by atoms with Crippen LogP contribution < -0.4 is 5.32 Å². The Hall–Kier alpha value is -1.47. The van der Waals surface area contributed by atoms with Crippen molar-refractivity contribution in [3.63, 3.8) is 0 Å². The van der Waals surface area contributed by atoms with Gasteiger partial charge in [-0.3, -0.25) is 14.9 Å². The van der Waals surface area contributed by atoms with Crippen LogP contribution in [0.2, 0.25) is 0 Å². The predicted octanol–water partition coefficient (Wildman–Crippen LogP) is 2.04. The van der Waals surface area contributed by atoms with Gasteiger partial charge in [0.15, 0.2) is 0 Å². The van der Waals surface area contributed by atoms with E-state index in [9.17, 15) is 14.9 Å². The number of carbonyl (C=O) groups excluding carboxylic acids is 1. The van der Waals surface area contributed by atoms with Gasteiger partial charge >= 0.3 is 0 Å². The van der Waals surface area contributed by atoms with Crippen molar-refractivity contribution < 1.29 is 9.72 Å². The van der Waals surface area contributed by atoms with Crippen molar-refractivity contribution in [2.45, 2.75) is 13.0 Å². The molecule has 0 fully saturated rings. The van der Waals surface area contributed by atoms with Crippen LogP contribution in [0.3, 0.4) is 0 Å². The van der Waals surface area contributed by atoms with E-state index in [1.54, 1.807) is 6.07 Å². The minimum absolute atomic E-state index is 0.0368. The number of amides is 1. The van der Waals surface area contributed by atoms with Crippen molar-refractivity contribution in [3.8, 4) is 0 Å². The third kappa shape index (κ3) is 4.60. The van der Waals surface area contributed by atoms with E-state index in [1.807, 2.05) is 25.9 Å². The highest BCUT2D eigenvalue weighted by Gasteiger charge is 2.17. The molecule has 1 amide bonds. The second kappa shape index (κ2) is 6.63. The minimum Gasteiger partial charge on any atom is -0.348 e. The molecule has 0 aliphatic carbocycles. The second-order valence-electron chi connectivity index (χ2n) is 4.56. The van der Waals surface area contributed by atoms with E-state index < -0.39 is 4.92 Å². The lowest BCUT2D eigenvalue weighted by Gasteiger charge is -2.18. The van der Waals surface area contributed by atoms with Gasteiger partial charge in [-0.05, 0) is 49.1 Å². The molecule has 1 N–H and O–H groups in total. The molecule has 0 bridgehead atoms. The van der Waals surface area contributed by atoms with Gasteiger partial charge in [0.05, 0.1) is 9.40 Å². The fourth-order valence-electron chi connectivity index (χ4n) is 1.69.